The first-order valence-corrected chi connectivity index (χ1v) is 13.0. The molecular weight excluding hydrogens is 426 g/mol. The van der Waals surface area contributed by atoms with E-state index < -0.39 is 45.5 Å². The van der Waals surface area contributed by atoms with Crippen molar-refractivity contribution in [2.75, 3.05) is 13.2 Å². The summed E-state index contributed by atoms with van der Waals surface area (Å²) in [6.45, 7) is 9.68. The third kappa shape index (κ3) is 6.10. The second-order valence-corrected chi connectivity index (χ2v) is 12.0. The van der Waals surface area contributed by atoms with E-state index >= 15 is 0 Å². The number of hydrogen-bond donors (Lipinski definition) is 3. The minimum Gasteiger partial charge on any atom is -0.394 e. The molecule has 2 fully saturated rings. The van der Waals surface area contributed by atoms with Gasteiger partial charge in [-0.05, 0) is 13.8 Å². The lowest BCUT2D eigenvalue weighted by Gasteiger charge is -2.28. The highest BCUT2D eigenvalue weighted by Gasteiger charge is 2.49. The Hall–Kier alpha value is 0.140. The van der Waals surface area contributed by atoms with Crippen LogP contribution in [0.5, 0.6) is 0 Å². The van der Waals surface area contributed by atoms with Crippen molar-refractivity contribution < 1.29 is 47.1 Å². The molecule has 0 aromatic carbocycles. The molecule has 2 aliphatic heterocycles. The van der Waals surface area contributed by atoms with Crippen molar-refractivity contribution in [2.45, 2.75) is 83.8 Å². The molecule has 0 aromatic rings. The lowest BCUT2D eigenvalue weighted by Crippen LogP contribution is -2.34. The molecular formula is C17H34O10P2. The molecule has 0 spiro atoms. The Morgan fingerprint density at radius 2 is 1.34 bits per heavy atom. The Morgan fingerprint density at radius 1 is 0.897 bits per heavy atom. The van der Waals surface area contributed by atoms with Gasteiger partial charge in [-0.25, -0.2) is 4.57 Å². The van der Waals surface area contributed by atoms with Crippen molar-refractivity contribution in [1.82, 2.24) is 0 Å². The van der Waals surface area contributed by atoms with Crippen molar-refractivity contribution in [3.8, 4) is 0 Å². The molecule has 10 nitrogen and oxygen atoms in total. The summed E-state index contributed by atoms with van der Waals surface area (Å²) in [7, 11) is -8.38. The fourth-order valence-corrected chi connectivity index (χ4v) is 5.42. The van der Waals surface area contributed by atoms with Crippen LogP contribution in [-0.4, -0.2) is 70.4 Å². The van der Waals surface area contributed by atoms with Crippen LogP contribution in [0.25, 0.3) is 0 Å². The maximum atomic E-state index is 12.7. The quantitative estimate of drug-likeness (QED) is 0.439. The van der Waals surface area contributed by atoms with Crippen molar-refractivity contribution >= 4 is 15.4 Å². The van der Waals surface area contributed by atoms with Crippen molar-refractivity contribution in [3.05, 3.63) is 0 Å². The molecule has 0 aliphatic carbocycles. The van der Waals surface area contributed by atoms with Gasteiger partial charge in [0.2, 0.25) is 0 Å². The van der Waals surface area contributed by atoms with Crippen LogP contribution in [0.1, 0.15) is 41.5 Å². The molecule has 0 amide bonds. The van der Waals surface area contributed by atoms with E-state index in [1.54, 1.807) is 41.5 Å². The van der Waals surface area contributed by atoms with Gasteiger partial charge in [0.15, 0.2) is 0 Å². The molecule has 12 heteroatoms. The highest BCUT2D eigenvalue weighted by Crippen LogP contribution is 2.53. The molecule has 172 valence electrons. The van der Waals surface area contributed by atoms with Crippen molar-refractivity contribution in [2.24, 2.45) is 11.8 Å². The molecule has 0 bridgehead atoms. The lowest BCUT2D eigenvalue weighted by molar-refractivity contribution is -0.0355. The van der Waals surface area contributed by atoms with E-state index in [1.165, 1.54) is 0 Å². The maximum Gasteiger partial charge on any atom is 0.472 e. The fraction of sp³-hybridized carbons (Fsp3) is 1.00. The predicted octanol–water partition coefficient (Wildman–Crippen LogP) is 2.31. The van der Waals surface area contributed by atoms with Gasteiger partial charge in [0.25, 0.3) is 0 Å². The van der Waals surface area contributed by atoms with E-state index in [9.17, 15) is 24.0 Å². The Bertz CT molecular complexity index is 644. The first-order chi connectivity index (χ1) is 13.3. The summed E-state index contributed by atoms with van der Waals surface area (Å²) in [5, 5.41) is 9.46. The monoisotopic (exact) mass is 460 g/mol. The summed E-state index contributed by atoms with van der Waals surface area (Å²) in [4.78, 5) is 20.2. The fourth-order valence-electron chi connectivity index (χ4n) is 3.44. The average Bonchev–Trinajstić information content (AvgIpc) is 3.04. The van der Waals surface area contributed by atoms with Gasteiger partial charge in [-0.15, -0.1) is 0 Å². The van der Waals surface area contributed by atoms with Crippen LogP contribution in [0.15, 0.2) is 0 Å². The molecule has 0 radical (unpaired) electrons. The van der Waals surface area contributed by atoms with Crippen LogP contribution in [0, 0.1) is 11.8 Å². The highest BCUT2D eigenvalue weighted by molar-refractivity contribution is 7.53. The predicted molar refractivity (Wildman–Crippen MR) is 105 cm³/mol. The van der Waals surface area contributed by atoms with Crippen LogP contribution in [0.2, 0.25) is 0 Å². The summed E-state index contributed by atoms with van der Waals surface area (Å²) < 4.78 is 52.0. The Morgan fingerprint density at radius 3 is 1.79 bits per heavy atom. The van der Waals surface area contributed by atoms with E-state index in [0.717, 1.165) is 0 Å². The Labute approximate surface area is 172 Å². The SMILES string of the molecule is CC1OC(CO)C(OP(=O)(O)OC2C(COP(=O)(O)C(C)C)OC(C)C2C)C1C. The normalized spacial score (nSPS) is 42.1. The minimum atomic E-state index is -4.55. The summed E-state index contributed by atoms with van der Waals surface area (Å²) >= 11 is 0. The first-order valence-electron chi connectivity index (χ1n) is 9.87. The minimum absolute atomic E-state index is 0.224. The zero-order valence-corrected chi connectivity index (χ0v) is 19.5. The molecule has 0 saturated carbocycles. The van der Waals surface area contributed by atoms with Gasteiger partial charge < -0.3 is 28.9 Å². The van der Waals surface area contributed by atoms with Gasteiger partial charge in [-0.3, -0.25) is 13.6 Å². The van der Waals surface area contributed by atoms with E-state index in [4.69, 9.17) is 23.0 Å². The van der Waals surface area contributed by atoms with E-state index in [0.29, 0.717) is 0 Å². The molecule has 29 heavy (non-hydrogen) atoms. The standard InChI is InChI=1S/C17H34O10P2/c1-9(2)28(19,20)23-8-15-17(11(4)13(6)25-15)27-29(21,22)26-16-10(3)12(5)24-14(16)7-18/h9-18H,7-8H2,1-6H3,(H,19,20)(H,21,22). The number of phosphoric acid groups is 1. The number of rotatable bonds is 9. The molecule has 10 atom stereocenters. The number of hydrogen-bond acceptors (Lipinski definition) is 8. The maximum absolute atomic E-state index is 12.7. The van der Waals surface area contributed by atoms with Crippen molar-refractivity contribution in [3.63, 3.8) is 0 Å². The third-order valence-electron chi connectivity index (χ3n) is 5.80. The molecule has 2 rings (SSSR count). The zero-order valence-electron chi connectivity index (χ0n) is 17.7. The Balaban J connectivity index is 2.07. The molecule has 3 N–H and O–H groups in total. The van der Waals surface area contributed by atoms with Crippen LogP contribution >= 0.6 is 15.4 Å². The zero-order chi connectivity index (χ0) is 22.1. The Kier molecular flexibility index (Phi) is 8.53. The third-order valence-corrected chi connectivity index (χ3v) is 8.64. The second kappa shape index (κ2) is 9.74. The van der Waals surface area contributed by atoms with Crippen LogP contribution < -0.4 is 0 Å². The van der Waals surface area contributed by atoms with Crippen LogP contribution in [0.4, 0.5) is 0 Å². The van der Waals surface area contributed by atoms with Gasteiger partial charge in [0, 0.05) is 11.8 Å². The molecule has 2 aliphatic rings. The summed E-state index contributed by atoms with van der Waals surface area (Å²) in [5.41, 5.74) is -0.591. The average molecular weight is 460 g/mol. The van der Waals surface area contributed by atoms with Crippen LogP contribution in [0.3, 0.4) is 0 Å². The lowest BCUT2D eigenvalue weighted by atomic mass is 10.00. The number of aliphatic hydroxyl groups is 1. The van der Waals surface area contributed by atoms with Crippen molar-refractivity contribution in [1.29, 1.82) is 0 Å². The van der Waals surface area contributed by atoms with E-state index in [1.807, 2.05) is 0 Å². The number of phosphoric ester groups is 1. The molecule has 2 saturated heterocycles. The first kappa shape index (κ1) is 25.4. The highest BCUT2D eigenvalue weighted by atomic mass is 31.2. The van der Waals surface area contributed by atoms with Gasteiger partial charge in [0.1, 0.15) is 24.4 Å². The summed E-state index contributed by atoms with van der Waals surface area (Å²) in [6, 6.07) is 0. The summed E-state index contributed by atoms with van der Waals surface area (Å²) in [5.74, 6) is -0.507. The smallest absolute Gasteiger partial charge is 0.394 e. The number of aliphatic hydroxyl groups excluding tert-OH is 1. The molecule has 0 aromatic heterocycles. The number of ether oxygens (including phenoxy) is 2. The largest absolute Gasteiger partial charge is 0.472 e. The van der Waals surface area contributed by atoms with E-state index in [-0.39, 0.29) is 37.3 Å². The molecule has 10 unspecified atom stereocenters. The molecule has 2 heterocycles. The van der Waals surface area contributed by atoms with Gasteiger partial charge >= 0.3 is 15.4 Å². The van der Waals surface area contributed by atoms with Crippen LogP contribution in [-0.2, 0) is 32.2 Å². The van der Waals surface area contributed by atoms with E-state index in [2.05, 4.69) is 0 Å². The topological polar surface area (TPSA) is 141 Å². The van der Waals surface area contributed by atoms with Gasteiger partial charge in [0.05, 0.1) is 31.1 Å². The van der Waals surface area contributed by atoms with Gasteiger partial charge in [-0.1, -0.05) is 27.7 Å². The second-order valence-electron chi connectivity index (χ2n) is 8.22. The summed E-state index contributed by atoms with van der Waals surface area (Å²) in [6.07, 6.45) is -3.80. The van der Waals surface area contributed by atoms with Gasteiger partial charge in [-0.2, -0.15) is 0 Å².